The molecule has 0 unspecified atom stereocenters. The van der Waals surface area contributed by atoms with Crippen LogP contribution in [0.5, 0.6) is 0 Å². The molecule has 0 aliphatic carbocycles. The van der Waals surface area contributed by atoms with Crippen molar-refractivity contribution in [3.8, 4) is 11.5 Å². The van der Waals surface area contributed by atoms with Crippen molar-refractivity contribution in [3.05, 3.63) is 61.1 Å². The van der Waals surface area contributed by atoms with Crippen molar-refractivity contribution in [1.82, 2.24) is 29.8 Å². The first-order chi connectivity index (χ1) is 12.8. The van der Waals surface area contributed by atoms with Gasteiger partial charge in [-0.05, 0) is 36.4 Å². The highest BCUT2D eigenvalue weighted by Crippen LogP contribution is 2.19. The van der Waals surface area contributed by atoms with Gasteiger partial charge < -0.3 is 5.32 Å². The third-order valence-corrected chi connectivity index (χ3v) is 4.35. The van der Waals surface area contributed by atoms with Crippen LogP contribution in [0.3, 0.4) is 0 Å². The van der Waals surface area contributed by atoms with Gasteiger partial charge in [0.25, 0.3) is 0 Å². The van der Waals surface area contributed by atoms with Gasteiger partial charge in [-0.2, -0.15) is 9.61 Å². The Morgan fingerprint density at radius 1 is 1.08 bits per heavy atom. The normalized spacial score (nSPS) is 10.8. The number of thioether (sulfide) groups is 1. The summed E-state index contributed by atoms with van der Waals surface area (Å²) in [5.41, 5.74) is 1.97. The van der Waals surface area contributed by atoms with Gasteiger partial charge >= 0.3 is 0 Å². The molecule has 0 saturated carbocycles. The Hall–Kier alpha value is -3.33. The monoisotopic (exact) mass is 363 g/mol. The van der Waals surface area contributed by atoms with E-state index in [0.29, 0.717) is 27.9 Å². The molecular weight excluding hydrogens is 350 g/mol. The predicted octanol–water partition coefficient (Wildman–Crippen LogP) is 2.31. The van der Waals surface area contributed by atoms with E-state index in [9.17, 15) is 4.79 Å². The minimum absolute atomic E-state index is 0.126. The second-order valence-corrected chi connectivity index (χ2v) is 6.25. The zero-order chi connectivity index (χ0) is 17.8. The molecule has 0 atom stereocenters. The number of carbonyl (C=O) groups excluding carboxylic acids is 1. The molecule has 0 radical (unpaired) electrons. The van der Waals surface area contributed by atoms with E-state index in [-0.39, 0.29) is 11.7 Å². The largest absolute Gasteiger partial charge is 0.324 e. The Balaban J connectivity index is 1.50. The minimum atomic E-state index is -0.126. The summed E-state index contributed by atoms with van der Waals surface area (Å²) in [5, 5.41) is 16.2. The Kier molecular flexibility index (Phi) is 4.52. The zero-order valence-corrected chi connectivity index (χ0v) is 14.3. The van der Waals surface area contributed by atoms with Crippen LogP contribution in [-0.4, -0.2) is 41.4 Å². The van der Waals surface area contributed by atoms with E-state index in [1.54, 1.807) is 35.2 Å². The van der Waals surface area contributed by atoms with Gasteiger partial charge in [-0.1, -0.05) is 17.8 Å². The zero-order valence-electron chi connectivity index (χ0n) is 13.5. The number of aromatic nitrogens is 6. The van der Waals surface area contributed by atoms with Gasteiger partial charge in [0.1, 0.15) is 10.7 Å². The average molecular weight is 363 g/mol. The minimum Gasteiger partial charge on any atom is -0.324 e. The first kappa shape index (κ1) is 16.2. The van der Waals surface area contributed by atoms with Crippen LogP contribution in [-0.2, 0) is 4.79 Å². The van der Waals surface area contributed by atoms with Crippen molar-refractivity contribution in [2.45, 2.75) is 5.03 Å². The maximum Gasteiger partial charge on any atom is 0.234 e. The maximum absolute atomic E-state index is 12.1. The summed E-state index contributed by atoms with van der Waals surface area (Å²) in [7, 11) is 0. The van der Waals surface area contributed by atoms with Crippen LogP contribution in [0.4, 0.5) is 5.69 Å². The number of anilines is 1. The molecule has 0 saturated heterocycles. The van der Waals surface area contributed by atoms with Gasteiger partial charge in [0, 0.05) is 12.4 Å². The standard InChI is InChI=1S/C17H13N7OS/c25-15(20-12-4-3-8-18-10-12)11-26-16-7-6-14-21-22-17(24(14)23-16)13-5-1-2-9-19-13/h1-10H,11H2,(H,20,25). The molecule has 0 bridgehead atoms. The molecule has 26 heavy (non-hydrogen) atoms. The predicted molar refractivity (Wildman–Crippen MR) is 97.6 cm³/mol. The fourth-order valence-electron chi connectivity index (χ4n) is 2.28. The first-order valence-corrected chi connectivity index (χ1v) is 8.75. The van der Waals surface area contributed by atoms with Crippen molar-refractivity contribution in [2.75, 3.05) is 11.1 Å². The van der Waals surface area contributed by atoms with Crippen molar-refractivity contribution in [2.24, 2.45) is 0 Å². The van der Waals surface area contributed by atoms with Gasteiger partial charge in [0.2, 0.25) is 11.7 Å². The van der Waals surface area contributed by atoms with E-state index in [2.05, 4.69) is 30.6 Å². The molecule has 0 aromatic carbocycles. The Morgan fingerprint density at radius 2 is 2.04 bits per heavy atom. The molecule has 4 aromatic heterocycles. The van der Waals surface area contributed by atoms with Crippen molar-refractivity contribution < 1.29 is 4.79 Å². The smallest absolute Gasteiger partial charge is 0.234 e. The number of nitrogens with zero attached hydrogens (tertiary/aromatic N) is 6. The molecule has 8 nitrogen and oxygen atoms in total. The van der Waals surface area contributed by atoms with E-state index < -0.39 is 0 Å². The topological polar surface area (TPSA) is 98.0 Å². The van der Waals surface area contributed by atoms with Crippen LogP contribution in [0.25, 0.3) is 17.2 Å². The van der Waals surface area contributed by atoms with Crippen LogP contribution in [0.15, 0.2) is 66.1 Å². The fourth-order valence-corrected chi connectivity index (χ4v) is 2.93. The quantitative estimate of drug-likeness (QED) is 0.543. The number of nitrogens with one attached hydrogen (secondary N) is 1. The van der Waals surface area contributed by atoms with Crippen molar-refractivity contribution in [3.63, 3.8) is 0 Å². The van der Waals surface area contributed by atoms with Crippen molar-refractivity contribution in [1.29, 1.82) is 0 Å². The molecule has 1 N–H and O–H groups in total. The lowest BCUT2D eigenvalue weighted by atomic mass is 10.3. The molecule has 0 aliphatic heterocycles. The lowest BCUT2D eigenvalue weighted by Gasteiger charge is -2.05. The number of pyridine rings is 2. The van der Waals surface area contributed by atoms with E-state index in [0.717, 1.165) is 0 Å². The Morgan fingerprint density at radius 3 is 2.85 bits per heavy atom. The van der Waals surface area contributed by atoms with Gasteiger partial charge in [-0.3, -0.25) is 14.8 Å². The highest BCUT2D eigenvalue weighted by molar-refractivity contribution is 7.99. The molecule has 4 aromatic rings. The third-order valence-electron chi connectivity index (χ3n) is 3.43. The van der Waals surface area contributed by atoms with Gasteiger partial charge in [0.15, 0.2) is 5.65 Å². The number of hydrogen-bond donors (Lipinski definition) is 1. The molecular formula is C17H13N7OS. The van der Waals surface area contributed by atoms with E-state index >= 15 is 0 Å². The van der Waals surface area contributed by atoms with E-state index in [1.165, 1.54) is 11.8 Å². The molecule has 0 spiro atoms. The highest BCUT2D eigenvalue weighted by Gasteiger charge is 2.12. The summed E-state index contributed by atoms with van der Waals surface area (Å²) in [5.74, 6) is 0.663. The number of rotatable bonds is 5. The average Bonchev–Trinajstić information content (AvgIpc) is 3.11. The molecule has 0 fully saturated rings. The summed E-state index contributed by atoms with van der Waals surface area (Å²) in [6, 6.07) is 12.7. The number of carbonyl (C=O) groups is 1. The summed E-state index contributed by atoms with van der Waals surface area (Å²) < 4.78 is 1.63. The number of fused-ring (bicyclic) bond motifs is 1. The highest BCUT2D eigenvalue weighted by atomic mass is 32.2. The van der Waals surface area contributed by atoms with Crippen LogP contribution >= 0.6 is 11.8 Å². The summed E-state index contributed by atoms with van der Waals surface area (Å²) >= 11 is 1.33. The van der Waals surface area contributed by atoms with Gasteiger partial charge in [0.05, 0.1) is 17.6 Å². The molecule has 128 valence electrons. The Labute approximate surface area is 152 Å². The van der Waals surface area contributed by atoms with Gasteiger partial charge in [-0.25, -0.2) is 0 Å². The first-order valence-electron chi connectivity index (χ1n) is 7.76. The van der Waals surface area contributed by atoms with E-state index in [4.69, 9.17) is 0 Å². The molecule has 0 aliphatic rings. The third kappa shape index (κ3) is 3.52. The molecule has 9 heteroatoms. The van der Waals surface area contributed by atoms with Crippen molar-refractivity contribution >= 4 is 29.0 Å². The van der Waals surface area contributed by atoms with Crippen LogP contribution in [0.1, 0.15) is 0 Å². The lowest BCUT2D eigenvalue weighted by molar-refractivity contribution is -0.113. The molecule has 1 amide bonds. The van der Waals surface area contributed by atoms with Crippen LogP contribution < -0.4 is 5.32 Å². The second kappa shape index (κ2) is 7.28. The summed E-state index contributed by atoms with van der Waals surface area (Å²) in [6.07, 6.45) is 4.95. The lowest BCUT2D eigenvalue weighted by Crippen LogP contribution is -2.14. The maximum atomic E-state index is 12.1. The SMILES string of the molecule is O=C(CSc1ccc2nnc(-c3ccccn3)n2n1)Nc1cccnc1. The Bertz CT molecular complexity index is 1040. The number of amides is 1. The van der Waals surface area contributed by atoms with Crippen LogP contribution in [0.2, 0.25) is 0 Å². The van der Waals surface area contributed by atoms with E-state index in [1.807, 2.05) is 30.3 Å². The number of hydrogen-bond acceptors (Lipinski definition) is 7. The van der Waals surface area contributed by atoms with Gasteiger partial charge in [-0.15, -0.1) is 10.2 Å². The fraction of sp³-hybridized carbons (Fsp3) is 0.0588. The second-order valence-electron chi connectivity index (χ2n) is 5.26. The molecule has 4 heterocycles. The summed E-state index contributed by atoms with van der Waals surface area (Å²) in [6.45, 7) is 0. The summed E-state index contributed by atoms with van der Waals surface area (Å²) in [4.78, 5) is 20.3. The van der Waals surface area contributed by atoms with Crippen LogP contribution in [0, 0.1) is 0 Å². The molecule has 4 rings (SSSR count).